The maximum absolute atomic E-state index is 12.3. The molecule has 0 aliphatic heterocycles. The Labute approximate surface area is 206 Å². The van der Waals surface area contributed by atoms with Crippen LogP contribution in [0.5, 0.6) is 0 Å². The van der Waals surface area contributed by atoms with Gasteiger partial charge in [-0.1, -0.05) is 90.6 Å². The van der Waals surface area contributed by atoms with E-state index in [1.54, 1.807) is 11.8 Å². The van der Waals surface area contributed by atoms with E-state index >= 15 is 0 Å². The average Bonchev–Trinajstić information content (AvgIpc) is 3.52. The van der Waals surface area contributed by atoms with Gasteiger partial charge in [0, 0.05) is 29.2 Å². The molecule has 0 N–H and O–H groups in total. The van der Waals surface area contributed by atoms with Crippen molar-refractivity contribution in [1.82, 2.24) is 9.97 Å². The first-order valence-corrected chi connectivity index (χ1v) is 12.6. The molecular weight excluding hydrogens is 462 g/mol. The lowest BCUT2D eigenvalue weighted by Gasteiger charge is -2.17. The number of aromatic nitrogens is 2. The van der Waals surface area contributed by atoms with Crippen LogP contribution in [0.15, 0.2) is 106 Å². The van der Waals surface area contributed by atoms with Crippen LogP contribution in [-0.2, 0) is 10.5 Å². The van der Waals surface area contributed by atoms with Gasteiger partial charge in [-0.15, -0.1) is 11.3 Å². The van der Waals surface area contributed by atoms with Gasteiger partial charge in [0.1, 0.15) is 5.69 Å². The van der Waals surface area contributed by atoms with Crippen LogP contribution in [-0.4, -0.2) is 15.9 Å². The van der Waals surface area contributed by atoms with Gasteiger partial charge < -0.3 is 4.42 Å². The molecule has 0 bridgehead atoms. The maximum atomic E-state index is 12.3. The Hall–Kier alpha value is -3.68. The highest BCUT2D eigenvalue weighted by molar-refractivity contribution is 7.98. The van der Waals surface area contributed by atoms with E-state index in [-0.39, 0.29) is 5.91 Å². The van der Waals surface area contributed by atoms with Gasteiger partial charge in [0.05, 0.1) is 11.4 Å². The van der Waals surface area contributed by atoms with Gasteiger partial charge in [-0.05, 0) is 12.1 Å². The summed E-state index contributed by atoms with van der Waals surface area (Å²) in [4.78, 5) is 23.4. The Morgan fingerprint density at radius 2 is 1.50 bits per heavy atom. The molecule has 7 heteroatoms. The quantitative estimate of drug-likeness (QED) is 0.225. The summed E-state index contributed by atoms with van der Waals surface area (Å²) in [5.41, 5.74) is 4.48. The summed E-state index contributed by atoms with van der Waals surface area (Å²) < 4.78 is 6.20. The standard InChI is InChI=1S/C27H21N3O2S2/c1-19(31)30(23-15-9-4-10-16-23)26-28-22(17-33-26)18-34-27-29-24(20-11-5-2-6-12-20)25(32-27)21-13-7-3-8-14-21/h2-17H,18H2,1H3. The minimum atomic E-state index is -0.0764. The fraction of sp³-hybridized carbons (Fsp3) is 0.0741. The van der Waals surface area contributed by atoms with E-state index in [4.69, 9.17) is 14.4 Å². The molecule has 0 saturated carbocycles. The normalized spacial score (nSPS) is 10.9. The third-order valence-electron chi connectivity index (χ3n) is 5.09. The minimum Gasteiger partial charge on any atom is -0.431 e. The number of anilines is 2. The fourth-order valence-corrected chi connectivity index (χ4v) is 5.25. The predicted molar refractivity (Wildman–Crippen MR) is 138 cm³/mol. The average molecular weight is 484 g/mol. The van der Waals surface area contributed by atoms with E-state index in [1.807, 2.05) is 96.4 Å². The van der Waals surface area contributed by atoms with Gasteiger partial charge in [0.15, 0.2) is 10.9 Å². The predicted octanol–water partition coefficient (Wildman–Crippen LogP) is 7.44. The van der Waals surface area contributed by atoms with Crippen LogP contribution in [0, 0.1) is 0 Å². The highest BCUT2D eigenvalue weighted by atomic mass is 32.2. The van der Waals surface area contributed by atoms with E-state index in [0.717, 1.165) is 34.0 Å². The van der Waals surface area contributed by atoms with Crippen molar-refractivity contribution < 1.29 is 9.21 Å². The topological polar surface area (TPSA) is 59.2 Å². The van der Waals surface area contributed by atoms with Gasteiger partial charge >= 0.3 is 0 Å². The number of carbonyl (C=O) groups is 1. The Balaban J connectivity index is 1.39. The van der Waals surface area contributed by atoms with Crippen molar-refractivity contribution in [2.24, 2.45) is 0 Å². The number of thioether (sulfide) groups is 1. The molecule has 0 spiro atoms. The van der Waals surface area contributed by atoms with Crippen LogP contribution >= 0.6 is 23.1 Å². The van der Waals surface area contributed by atoms with Crippen LogP contribution in [0.4, 0.5) is 10.8 Å². The number of amides is 1. The zero-order valence-electron chi connectivity index (χ0n) is 18.4. The molecule has 0 aliphatic rings. The Kier molecular flexibility index (Phi) is 6.56. The number of hydrogen-bond acceptors (Lipinski definition) is 6. The smallest absolute Gasteiger partial charge is 0.257 e. The second-order valence-corrected chi connectivity index (χ2v) is 9.25. The first-order chi connectivity index (χ1) is 16.7. The number of thiazole rings is 1. The molecule has 5 nitrogen and oxygen atoms in total. The van der Waals surface area contributed by atoms with Gasteiger partial charge in [0.25, 0.3) is 5.22 Å². The molecule has 2 heterocycles. The Morgan fingerprint density at radius 3 is 2.15 bits per heavy atom. The Bertz CT molecular complexity index is 1330. The lowest BCUT2D eigenvalue weighted by molar-refractivity contribution is -0.115. The summed E-state index contributed by atoms with van der Waals surface area (Å²) >= 11 is 2.94. The molecule has 0 atom stereocenters. The van der Waals surface area contributed by atoms with E-state index in [0.29, 0.717) is 16.1 Å². The maximum Gasteiger partial charge on any atom is 0.257 e. The second kappa shape index (κ2) is 10.1. The number of carbonyl (C=O) groups excluding carboxylic acids is 1. The summed E-state index contributed by atoms with van der Waals surface area (Å²) in [5, 5.41) is 3.20. The van der Waals surface area contributed by atoms with Crippen molar-refractivity contribution in [2.45, 2.75) is 17.9 Å². The molecule has 0 unspecified atom stereocenters. The molecule has 5 rings (SSSR count). The molecule has 0 aliphatic carbocycles. The summed E-state index contributed by atoms with van der Waals surface area (Å²) in [6.45, 7) is 1.55. The van der Waals surface area contributed by atoms with E-state index in [2.05, 4.69) is 0 Å². The SMILES string of the molecule is CC(=O)N(c1ccccc1)c1nc(CSc2nc(-c3ccccc3)c(-c3ccccc3)o2)cs1. The molecule has 0 radical (unpaired) electrons. The monoisotopic (exact) mass is 483 g/mol. The van der Waals surface area contributed by atoms with Crippen molar-refractivity contribution in [3.05, 3.63) is 102 Å². The summed E-state index contributed by atoms with van der Waals surface area (Å²) in [6, 6.07) is 29.6. The Morgan fingerprint density at radius 1 is 0.882 bits per heavy atom. The molecule has 34 heavy (non-hydrogen) atoms. The third kappa shape index (κ3) is 4.81. The van der Waals surface area contributed by atoms with Crippen molar-refractivity contribution in [3.8, 4) is 22.6 Å². The minimum absolute atomic E-state index is 0.0764. The lowest BCUT2D eigenvalue weighted by atomic mass is 10.1. The van der Waals surface area contributed by atoms with E-state index in [9.17, 15) is 4.79 Å². The lowest BCUT2D eigenvalue weighted by Crippen LogP contribution is -2.22. The van der Waals surface area contributed by atoms with Crippen LogP contribution < -0.4 is 4.90 Å². The van der Waals surface area contributed by atoms with Crippen LogP contribution in [0.1, 0.15) is 12.6 Å². The second-order valence-electron chi connectivity index (χ2n) is 7.49. The highest BCUT2D eigenvalue weighted by Gasteiger charge is 2.20. The van der Waals surface area contributed by atoms with E-state index < -0.39 is 0 Å². The number of para-hydroxylation sites is 1. The molecule has 3 aromatic carbocycles. The van der Waals surface area contributed by atoms with E-state index in [1.165, 1.54) is 23.1 Å². The summed E-state index contributed by atoms with van der Waals surface area (Å²) in [6.07, 6.45) is 0. The van der Waals surface area contributed by atoms with Crippen molar-refractivity contribution in [3.63, 3.8) is 0 Å². The van der Waals surface area contributed by atoms with Crippen molar-refractivity contribution in [2.75, 3.05) is 4.90 Å². The van der Waals surface area contributed by atoms with Gasteiger partial charge in [-0.25, -0.2) is 9.97 Å². The van der Waals surface area contributed by atoms with Gasteiger partial charge in [-0.3, -0.25) is 9.69 Å². The summed E-state index contributed by atoms with van der Waals surface area (Å²) in [7, 11) is 0. The highest BCUT2D eigenvalue weighted by Crippen LogP contribution is 2.37. The molecule has 5 aromatic rings. The first-order valence-electron chi connectivity index (χ1n) is 10.7. The summed E-state index contributed by atoms with van der Waals surface area (Å²) in [5.74, 6) is 1.26. The number of hydrogen-bond donors (Lipinski definition) is 0. The van der Waals surface area contributed by atoms with Crippen molar-refractivity contribution in [1.29, 1.82) is 0 Å². The number of nitrogens with zero attached hydrogens (tertiary/aromatic N) is 3. The molecule has 1 amide bonds. The van der Waals surface area contributed by atoms with Gasteiger partial charge in [0.2, 0.25) is 5.91 Å². The molecular formula is C27H21N3O2S2. The number of rotatable bonds is 7. The fourth-order valence-electron chi connectivity index (χ4n) is 3.54. The number of benzene rings is 3. The molecule has 168 valence electrons. The van der Waals surface area contributed by atoms with Crippen LogP contribution in [0.2, 0.25) is 0 Å². The first kappa shape index (κ1) is 22.1. The van der Waals surface area contributed by atoms with Crippen molar-refractivity contribution >= 4 is 39.8 Å². The largest absolute Gasteiger partial charge is 0.431 e. The zero-order chi connectivity index (χ0) is 23.3. The number of oxazole rings is 1. The van der Waals surface area contributed by atoms with Gasteiger partial charge in [-0.2, -0.15) is 0 Å². The molecule has 0 fully saturated rings. The van der Waals surface area contributed by atoms with Crippen LogP contribution in [0.3, 0.4) is 0 Å². The third-order valence-corrected chi connectivity index (χ3v) is 6.83. The molecule has 0 saturated heterocycles. The van der Waals surface area contributed by atoms with Crippen LogP contribution in [0.25, 0.3) is 22.6 Å². The zero-order valence-corrected chi connectivity index (χ0v) is 20.1. The molecule has 2 aromatic heterocycles.